The molecule has 1 amide bonds. The summed E-state index contributed by atoms with van der Waals surface area (Å²) in [7, 11) is 0. The maximum Gasteiger partial charge on any atom is 0.323 e. The van der Waals surface area contributed by atoms with Crippen LogP contribution in [-0.2, 0) is 9.59 Å². The lowest BCUT2D eigenvalue weighted by molar-refractivity contribution is -0.140. The molecule has 3 aromatic carbocycles. The molecular weight excluding hydrogens is 428 g/mol. The first kappa shape index (κ1) is 19.5. The van der Waals surface area contributed by atoms with Crippen LogP contribution in [0.3, 0.4) is 0 Å². The average Bonchev–Trinajstić information content (AvgIpc) is 3.24. The molecule has 1 aromatic heterocycles. The first-order valence-corrected chi connectivity index (χ1v) is 10.8. The lowest BCUT2D eigenvalue weighted by Gasteiger charge is -2.10. The molecule has 1 saturated heterocycles. The molecule has 5 nitrogen and oxygen atoms in total. The van der Waals surface area contributed by atoms with Gasteiger partial charge in [-0.2, -0.15) is 0 Å². The molecule has 2 heterocycles. The number of rotatable bonds is 4. The van der Waals surface area contributed by atoms with E-state index in [0.717, 1.165) is 38.9 Å². The van der Waals surface area contributed by atoms with Crippen LogP contribution in [0.1, 0.15) is 5.56 Å². The minimum absolute atomic E-state index is 0.264. The van der Waals surface area contributed by atoms with Crippen LogP contribution in [0.5, 0.6) is 0 Å². The number of aliphatic carboxylic acids is 1. The quantitative estimate of drug-likeness (QED) is 0.352. The Balaban J connectivity index is 1.52. The Morgan fingerprint density at radius 1 is 0.935 bits per heavy atom. The van der Waals surface area contributed by atoms with Crippen molar-refractivity contribution in [3.05, 3.63) is 83.3 Å². The van der Waals surface area contributed by atoms with E-state index in [1.807, 2.05) is 48.5 Å². The number of amides is 1. The predicted octanol–water partition coefficient (Wildman–Crippen LogP) is 5.07. The third kappa shape index (κ3) is 3.41. The number of carbonyl (C=O) groups excluding carboxylic acids is 1. The number of thiocarbonyl (C=S) groups is 1. The molecule has 1 aliphatic rings. The van der Waals surface area contributed by atoms with E-state index in [0.29, 0.717) is 4.91 Å². The van der Waals surface area contributed by atoms with Crippen molar-refractivity contribution in [2.75, 3.05) is 6.54 Å². The lowest BCUT2D eigenvalue weighted by atomic mass is 10.2. The Bertz CT molecular complexity index is 1350. The monoisotopic (exact) mass is 444 g/mol. The third-order valence-electron chi connectivity index (χ3n) is 5.20. The highest BCUT2D eigenvalue weighted by Gasteiger charge is 2.33. The van der Waals surface area contributed by atoms with Crippen molar-refractivity contribution in [3.8, 4) is 5.69 Å². The van der Waals surface area contributed by atoms with Gasteiger partial charge in [-0.3, -0.25) is 14.5 Å². The van der Waals surface area contributed by atoms with E-state index in [4.69, 9.17) is 17.3 Å². The summed E-state index contributed by atoms with van der Waals surface area (Å²) in [5.41, 5.74) is 4.13. The summed E-state index contributed by atoms with van der Waals surface area (Å²) >= 11 is 6.28. The van der Waals surface area contributed by atoms with E-state index >= 15 is 0 Å². The topological polar surface area (TPSA) is 62.5 Å². The molecule has 0 radical (unpaired) electrons. The fraction of sp³-hybridized carbons (Fsp3) is 0.0417. The Morgan fingerprint density at radius 3 is 2.10 bits per heavy atom. The highest BCUT2D eigenvalue weighted by atomic mass is 32.2. The van der Waals surface area contributed by atoms with E-state index in [9.17, 15) is 9.59 Å². The minimum atomic E-state index is -1.09. The predicted molar refractivity (Wildman–Crippen MR) is 128 cm³/mol. The summed E-state index contributed by atoms with van der Waals surface area (Å²) in [4.78, 5) is 25.0. The largest absolute Gasteiger partial charge is 0.480 e. The molecule has 4 aromatic rings. The van der Waals surface area contributed by atoms with Crippen LogP contribution in [0.15, 0.2) is 77.7 Å². The number of carboxylic acids is 1. The number of thioether (sulfide) groups is 1. The molecule has 0 aliphatic carbocycles. The molecule has 0 spiro atoms. The minimum Gasteiger partial charge on any atom is -0.480 e. The molecular formula is C24H16N2O3S2. The molecule has 0 bridgehead atoms. The smallest absolute Gasteiger partial charge is 0.323 e. The number of aromatic nitrogens is 1. The zero-order chi connectivity index (χ0) is 21.5. The standard InChI is InChI=1S/C24H16N2O3S2/c27-22(28)14-25-23(29)21(31-24(25)30)13-15-9-11-16(12-10-15)26-19-7-3-1-5-17(19)18-6-2-4-8-20(18)26/h1-13H,14H2,(H,27,28)/b21-13-. The average molecular weight is 445 g/mol. The van der Waals surface area contributed by atoms with Crippen molar-refractivity contribution in [2.45, 2.75) is 0 Å². The lowest BCUT2D eigenvalue weighted by Crippen LogP contribution is -2.33. The van der Waals surface area contributed by atoms with Gasteiger partial charge in [0.05, 0.1) is 15.9 Å². The van der Waals surface area contributed by atoms with E-state index < -0.39 is 12.5 Å². The van der Waals surface area contributed by atoms with Gasteiger partial charge in [0, 0.05) is 16.5 Å². The Kier molecular flexibility index (Phi) is 4.84. The molecule has 7 heteroatoms. The fourth-order valence-electron chi connectivity index (χ4n) is 3.84. The number of carbonyl (C=O) groups is 2. The van der Waals surface area contributed by atoms with E-state index in [1.54, 1.807) is 6.08 Å². The summed E-state index contributed by atoms with van der Waals surface area (Å²) in [6.07, 6.45) is 1.75. The highest BCUT2D eigenvalue weighted by molar-refractivity contribution is 8.26. The molecule has 5 rings (SSSR count). The second-order valence-corrected chi connectivity index (χ2v) is 8.80. The Hall–Kier alpha value is -3.42. The summed E-state index contributed by atoms with van der Waals surface area (Å²) < 4.78 is 2.49. The molecule has 152 valence electrons. The van der Waals surface area contributed by atoms with Crippen molar-refractivity contribution >= 4 is 68.1 Å². The van der Waals surface area contributed by atoms with Crippen LogP contribution in [0, 0.1) is 0 Å². The van der Waals surface area contributed by atoms with Gasteiger partial charge in [-0.1, -0.05) is 72.5 Å². The van der Waals surface area contributed by atoms with Crippen LogP contribution in [-0.4, -0.2) is 37.3 Å². The Morgan fingerprint density at radius 2 is 1.52 bits per heavy atom. The number of carboxylic acid groups (broad SMARTS) is 1. The van der Waals surface area contributed by atoms with E-state index in [1.165, 1.54) is 10.8 Å². The number of nitrogens with zero attached hydrogens (tertiary/aromatic N) is 2. The summed E-state index contributed by atoms with van der Waals surface area (Å²) in [5, 5.41) is 11.4. The SMILES string of the molecule is O=C(O)CN1C(=O)/C(=C/c2ccc(-n3c4ccccc4c4ccccc43)cc2)SC1=S. The zero-order valence-electron chi connectivity index (χ0n) is 16.2. The van der Waals surface area contributed by atoms with Crippen molar-refractivity contribution in [1.82, 2.24) is 9.47 Å². The van der Waals surface area contributed by atoms with Crippen LogP contribution >= 0.6 is 24.0 Å². The first-order valence-electron chi connectivity index (χ1n) is 9.59. The number of hydrogen-bond donors (Lipinski definition) is 1. The van der Waals surface area contributed by atoms with Crippen molar-refractivity contribution in [2.24, 2.45) is 0 Å². The maximum atomic E-state index is 12.5. The van der Waals surface area contributed by atoms with Gasteiger partial charge in [0.1, 0.15) is 10.9 Å². The second-order valence-electron chi connectivity index (χ2n) is 7.12. The summed E-state index contributed by atoms with van der Waals surface area (Å²) in [5.74, 6) is -1.46. The van der Waals surface area contributed by atoms with Crippen LogP contribution < -0.4 is 0 Å². The molecule has 0 unspecified atom stereocenters. The molecule has 0 saturated carbocycles. The van der Waals surface area contributed by atoms with Gasteiger partial charge in [0.2, 0.25) is 0 Å². The molecule has 0 atom stereocenters. The number of hydrogen-bond acceptors (Lipinski definition) is 4. The van der Waals surface area contributed by atoms with Gasteiger partial charge in [-0.15, -0.1) is 0 Å². The van der Waals surface area contributed by atoms with Crippen LogP contribution in [0.2, 0.25) is 0 Å². The fourth-order valence-corrected chi connectivity index (χ4v) is 5.10. The number of fused-ring (bicyclic) bond motifs is 3. The van der Waals surface area contributed by atoms with Gasteiger partial charge in [0.25, 0.3) is 5.91 Å². The van der Waals surface area contributed by atoms with E-state index in [2.05, 4.69) is 28.8 Å². The van der Waals surface area contributed by atoms with Crippen LogP contribution in [0.4, 0.5) is 0 Å². The molecule has 31 heavy (non-hydrogen) atoms. The number of para-hydroxylation sites is 2. The van der Waals surface area contributed by atoms with Crippen molar-refractivity contribution < 1.29 is 14.7 Å². The van der Waals surface area contributed by atoms with Crippen molar-refractivity contribution in [1.29, 1.82) is 0 Å². The normalized spacial score (nSPS) is 15.5. The van der Waals surface area contributed by atoms with Gasteiger partial charge in [-0.25, -0.2) is 0 Å². The maximum absolute atomic E-state index is 12.5. The highest BCUT2D eigenvalue weighted by Crippen LogP contribution is 2.34. The number of benzene rings is 3. The summed E-state index contributed by atoms with van der Waals surface area (Å²) in [6, 6.07) is 24.6. The molecule has 1 N–H and O–H groups in total. The third-order valence-corrected chi connectivity index (χ3v) is 6.57. The van der Waals surface area contributed by atoms with Gasteiger partial charge < -0.3 is 9.67 Å². The molecule has 1 aliphatic heterocycles. The zero-order valence-corrected chi connectivity index (χ0v) is 17.8. The Labute approximate surface area is 187 Å². The summed E-state index contributed by atoms with van der Waals surface area (Å²) in [6.45, 7) is -0.422. The van der Waals surface area contributed by atoms with Gasteiger partial charge >= 0.3 is 5.97 Å². The van der Waals surface area contributed by atoms with Crippen LogP contribution in [0.25, 0.3) is 33.6 Å². The first-order chi connectivity index (χ1) is 15.0. The van der Waals surface area contributed by atoms with Gasteiger partial charge in [-0.05, 0) is 35.9 Å². The molecule has 1 fully saturated rings. The van der Waals surface area contributed by atoms with E-state index in [-0.39, 0.29) is 10.2 Å². The second kappa shape index (κ2) is 7.68. The van der Waals surface area contributed by atoms with Gasteiger partial charge in [0.15, 0.2) is 0 Å². The van der Waals surface area contributed by atoms with Crippen molar-refractivity contribution in [3.63, 3.8) is 0 Å².